The van der Waals surface area contributed by atoms with Crippen molar-refractivity contribution in [2.45, 2.75) is 33.2 Å². The number of amides is 1. The number of benzene rings is 1. The van der Waals surface area contributed by atoms with E-state index in [0.29, 0.717) is 11.5 Å². The second-order valence-electron chi connectivity index (χ2n) is 5.30. The summed E-state index contributed by atoms with van der Waals surface area (Å²) in [5.41, 5.74) is 0.880. The molecule has 0 atom stereocenters. The molecule has 0 unspecified atom stereocenters. The first-order chi connectivity index (χ1) is 9.94. The van der Waals surface area contributed by atoms with Gasteiger partial charge in [-0.2, -0.15) is 4.68 Å². The Kier molecular flexibility index (Phi) is 4.32. The molecular weight excluding hydrogens is 268 g/mol. The number of carbonyl (C=O) groups excluding carboxylic acids is 1. The number of nitrogens with zero attached hydrogens (tertiary/aromatic N) is 4. The summed E-state index contributed by atoms with van der Waals surface area (Å²) >= 11 is 0. The molecule has 2 aromatic rings. The summed E-state index contributed by atoms with van der Waals surface area (Å²) < 4.78 is 1.62. The van der Waals surface area contributed by atoms with E-state index in [-0.39, 0.29) is 5.91 Å². The number of anilines is 1. The van der Waals surface area contributed by atoms with Crippen LogP contribution in [0.5, 0.6) is 0 Å². The monoisotopic (exact) mass is 288 g/mol. The van der Waals surface area contributed by atoms with Crippen LogP contribution in [0, 0.1) is 6.92 Å². The summed E-state index contributed by atoms with van der Waals surface area (Å²) in [5.74, 6) is 0.599. The number of rotatable bonds is 5. The lowest BCUT2D eigenvalue weighted by Gasteiger charge is -2.24. The SMILES string of the molecule is CCNC(C)(C)C(=O)Nc1cccc(-n2nnnc2C)c1. The summed E-state index contributed by atoms with van der Waals surface area (Å²) in [6, 6.07) is 7.41. The Morgan fingerprint density at radius 1 is 1.38 bits per heavy atom. The summed E-state index contributed by atoms with van der Waals surface area (Å²) in [6.45, 7) is 8.21. The van der Waals surface area contributed by atoms with Crippen molar-refractivity contribution in [2.75, 3.05) is 11.9 Å². The van der Waals surface area contributed by atoms with Gasteiger partial charge in [0.15, 0.2) is 5.82 Å². The molecule has 0 aliphatic heterocycles. The molecule has 0 saturated carbocycles. The highest BCUT2D eigenvalue weighted by Crippen LogP contribution is 2.16. The van der Waals surface area contributed by atoms with Gasteiger partial charge in [-0.3, -0.25) is 4.79 Å². The van der Waals surface area contributed by atoms with Gasteiger partial charge in [-0.05, 0) is 55.9 Å². The molecule has 0 spiro atoms. The van der Waals surface area contributed by atoms with E-state index in [1.165, 1.54) is 0 Å². The molecule has 7 heteroatoms. The quantitative estimate of drug-likeness (QED) is 0.866. The van der Waals surface area contributed by atoms with Crippen molar-refractivity contribution in [3.63, 3.8) is 0 Å². The summed E-state index contributed by atoms with van der Waals surface area (Å²) in [5, 5.41) is 17.4. The number of aryl methyl sites for hydroxylation is 1. The van der Waals surface area contributed by atoms with E-state index in [1.807, 2.05) is 52.0 Å². The minimum atomic E-state index is -0.629. The number of hydrogen-bond acceptors (Lipinski definition) is 5. The van der Waals surface area contributed by atoms with Crippen LogP contribution in [0.2, 0.25) is 0 Å². The van der Waals surface area contributed by atoms with Gasteiger partial charge < -0.3 is 10.6 Å². The first kappa shape index (κ1) is 15.1. The van der Waals surface area contributed by atoms with Crippen LogP contribution in [0.15, 0.2) is 24.3 Å². The highest BCUT2D eigenvalue weighted by Gasteiger charge is 2.26. The minimum absolute atomic E-state index is 0.0880. The molecule has 0 fully saturated rings. The van der Waals surface area contributed by atoms with Crippen LogP contribution in [-0.2, 0) is 4.79 Å². The van der Waals surface area contributed by atoms with Gasteiger partial charge in [0.1, 0.15) is 0 Å². The Morgan fingerprint density at radius 3 is 2.76 bits per heavy atom. The van der Waals surface area contributed by atoms with Gasteiger partial charge >= 0.3 is 0 Å². The third kappa shape index (κ3) is 3.43. The van der Waals surface area contributed by atoms with E-state index >= 15 is 0 Å². The van der Waals surface area contributed by atoms with Crippen LogP contribution < -0.4 is 10.6 Å². The van der Waals surface area contributed by atoms with Gasteiger partial charge in [0, 0.05) is 5.69 Å². The molecule has 1 aromatic carbocycles. The predicted octanol–water partition coefficient (Wildman–Crippen LogP) is 1.30. The fourth-order valence-electron chi connectivity index (χ4n) is 2.00. The Labute approximate surface area is 123 Å². The molecule has 7 nitrogen and oxygen atoms in total. The summed E-state index contributed by atoms with van der Waals surface area (Å²) in [4.78, 5) is 12.3. The Bertz CT molecular complexity index is 634. The molecular formula is C14H20N6O. The first-order valence-corrected chi connectivity index (χ1v) is 6.86. The molecule has 1 aromatic heterocycles. The van der Waals surface area contributed by atoms with Gasteiger partial charge in [0.05, 0.1) is 11.2 Å². The lowest BCUT2D eigenvalue weighted by Crippen LogP contribution is -2.49. The molecule has 0 radical (unpaired) electrons. The predicted molar refractivity (Wildman–Crippen MR) is 80.3 cm³/mol. The van der Waals surface area contributed by atoms with Crippen molar-refractivity contribution in [1.29, 1.82) is 0 Å². The van der Waals surface area contributed by atoms with E-state index in [2.05, 4.69) is 26.2 Å². The number of carbonyl (C=O) groups is 1. The standard InChI is InChI=1S/C14H20N6O/c1-5-15-14(3,4)13(21)16-11-7-6-8-12(9-11)20-10(2)17-18-19-20/h6-9,15H,5H2,1-4H3,(H,16,21). The third-order valence-electron chi connectivity index (χ3n) is 3.16. The smallest absolute Gasteiger partial charge is 0.244 e. The van der Waals surface area contributed by atoms with Gasteiger partial charge in [0.25, 0.3) is 0 Å². The van der Waals surface area contributed by atoms with Crippen molar-refractivity contribution >= 4 is 11.6 Å². The maximum absolute atomic E-state index is 12.3. The fourth-order valence-corrected chi connectivity index (χ4v) is 2.00. The number of tetrazole rings is 1. The summed E-state index contributed by atoms with van der Waals surface area (Å²) in [6.07, 6.45) is 0. The molecule has 0 bridgehead atoms. The van der Waals surface area contributed by atoms with Gasteiger partial charge in [-0.15, -0.1) is 5.10 Å². The van der Waals surface area contributed by atoms with Gasteiger partial charge in [-0.25, -0.2) is 0 Å². The van der Waals surface area contributed by atoms with Crippen molar-refractivity contribution < 1.29 is 4.79 Å². The zero-order valence-electron chi connectivity index (χ0n) is 12.7. The van der Waals surface area contributed by atoms with E-state index in [1.54, 1.807) is 4.68 Å². The van der Waals surface area contributed by atoms with Gasteiger partial charge in [0.2, 0.25) is 5.91 Å². The Hall–Kier alpha value is -2.28. The lowest BCUT2D eigenvalue weighted by molar-refractivity contribution is -0.121. The second-order valence-corrected chi connectivity index (χ2v) is 5.30. The number of hydrogen-bond donors (Lipinski definition) is 2. The van der Waals surface area contributed by atoms with Crippen LogP contribution in [0.25, 0.3) is 5.69 Å². The van der Waals surface area contributed by atoms with Crippen molar-refractivity contribution in [1.82, 2.24) is 25.5 Å². The van der Waals surface area contributed by atoms with Crippen molar-refractivity contribution in [3.05, 3.63) is 30.1 Å². The molecule has 0 saturated heterocycles. The molecule has 2 N–H and O–H groups in total. The van der Waals surface area contributed by atoms with E-state index in [9.17, 15) is 4.79 Å². The molecule has 1 amide bonds. The van der Waals surface area contributed by atoms with E-state index in [4.69, 9.17) is 0 Å². The maximum atomic E-state index is 12.3. The van der Waals surface area contributed by atoms with Crippen LogP contribution in [-0.4, -0.2) is 38.2 Å². The Morgan fingerprint density at radius 2 is 2.14 bits per heavy atom. The maximum Gasteiger partial charge on any atom is 0.244 e. The molecule has 21 heavy (non-hydrogen) atoms. The first-order valence-electron chi connectivity index (χ1n) is 6.86. The number of nitrogens with one attached hydrogen (secondary N) is 2. The van der Waals surface area contributed by atoms with Gasteiger partial charge in [-0.1, -0.05) is 13.0 Å². The zero-order valence-corrected chi connectivity index (χ0v) is 12.7. The molecule has 112 valence electrons. The lowest BCUT2D eigenvalue weighted by atomic mass is 10.0. The average molecular weight is 288 g/mol. The average Bonchev–Trinajstić information content (AvgIpc) is 2.85. The number of likely N-dealkylation sites (N-methyl/N-ethyl adjacent to an activating group) is 1. The van der Waals surface area contributed by atoms with E-state index < -0.39 is 5.54 Å². The largest absolute Gasteiger partial charge is 0.324 e. The molecule has 0 aliphatic rings. The normalized spacial score (nSPS) is 11.4. The number of aromatic nitrogens is 4. The fraction of sp³-hybridized carbons (Fsp3) is 0.429. The molecule has 1 heterocycles. The van der Waals surface area contributed by atoms with Crippen LogP contribution in [0.3, 0.4) is 0 Å². The van der Waals surface area contributed by atoms with Crippen LogP contribution >= 0.6 is 0 Å². The second kappa shape index (κ2) is 6.01. The molecule has 2 rings (SSSR count). The highest BCUT2D eigenvalue weighted by molar-refractivity contribution is 5.97. The third-order valence-corrected chi connectivity index (χ3v) is 3.16. The van der Waals surface area contributed by atoms with E-state index in [0.717, 1.165) is 12.2 Å². The van der Waals surface area contributed by atoms with Crippen LogP contribution in [0.1, 0.15) is 26.6 Å². The van der Waals surface area contributed by atoms with Crippen molar-refractivity contribution in [3.8, 4) is 5.69 Å². The Balaban J connectivity index is 2.19. The zero-order chi connectivity index (χ0) is 15.5. The van der Waals surface area contributed by atoms with Crippen molar-refractivity contribution in [2.24, 2.45) is 0 Å². The topological polar surface area (TPSA) is 84.7 Å². The van der Waals surface area contributed by atoms with Crippen LogP contribution in [0.4, 0.5) is 5.69 Å². The highest BCUT2D eigenvalue weighted by atomic mass is 16.2. The minimum Gasteiger partial charge on any atom is -0.324 e. The summed E-state index contributed by atoms with van der Waals surface area (Å²) in [7, 11) is 0. The molecule has 0 aliphatic carbocycles.